The molecule has 1 aromatic heterocycles. The number of aryl methyl sites for hydroxylation is 1. The maximum Gasteiger partial charge on any atom is 0.191 e. The highest BCUT2D eigenvalue weighted by atomic mass is 127. The van der Waals surface area contributed by atoms with Crippen LogP contribution < -0.4 is 10.6 Å². The van der Waals surface area contributed by atoms with E-state index >= 15 is 0 Å². The third-order valence-electron chi connectivity index (χ3n) is 6.10. The van der Waals surface area contributed by atoms with Crippen molar-refractivity contribution in [2.24, 2.45) is 10.4 Å². The standard InChI is InChI=1S/C21H39N7O.HI/c1-2-22-20(23-10-6-7-11-28-18-25-26-19-28)24-16-21(8-4-3-5-9-21)17-27-12-14-29-15-13-27;/h18-19H,2-17H2,1H3,(H2,22,23,24);1H. The summed E-state index contributed by atoms with van der Waals surface area (Å²) in [6.45, 7) is 10.9. The summed E-state index contributed by atoms with van der Waals surface area (Å²) in [7, 11) is 0. The van der Waals surface area contributed by atoms with Gasteiger partial charge in [-0.15, -0.1) is 34.2 Å². The zero-order valence-electron chi connectivity index (χ0n) is 18.5. The van der Waals surface area contributed by atoms with Gasteiger partial charge in [0.25, 0.3) is 0 Å². The molecule has 172 valence electrons. The number of hydrogen-bond acceptors (Lipinski definition) is 5. The van der Waals surface area contributed by atoms with Crippen molar-refractivity contribution >= 4 is 29.9 Å². The van der Waals surface area contributed by atoms with Crippen LogP contribution in [0.1, 0.15) is 51.9 Å². The fourth-order valence-electron chi connectivity index (χ4n) is 4.45. The van der Waals surface area contributed by atoms with Gasteiger partial charge in [0.15, 0.2) is 5.96 Å². The third-order valence-corrected chi connectivity index (χ3v) is 6.10. The van der Waals surface area contributed by atoms with Gasteiger partial charge in [-0.1, -0.05) is 19.3 Å². The van der Waals surface area contributed by atoms with Crippen LogP contribution in [0.4, 0.5) is 0 Å². The minimum atomic E-state index is 0. The van der Waals surface area contributed by atoms with E-state index in [9.17, 15) is 0 Å². The van der Waals surface area contributed by atoms with E-state index in [0.717, 1.165) is 77.8 Å². The van der Waals surface area contributed by atoms with E-state index in [2.05, 4.69) is 32.7 Å². The Bertz CT molecular complexity index is 584. The average Bonchev–Trinajstić information content (AvgIpc) is 3.27. The van der Waals surface area contributed by atoms with Crippen LogP contribution in [0.25, 0.3) is 0 Å². The van der Waals surface area contributed by atoms with Crippen LogP contribution in [-0.4, -0.2) is 78.1 Å². The summed E-state index contributed by atoms with van der Waals surface area (Å²) in [5.41, 5.74) is 0.326. The first-order valence-corrected chi connectivity index (χ1v) is 11.4. The number of guanidine groups is 1. The van der Waals surface area contributed by atoms with Gasteiger partial charge in [0.2, 0.25) is 0 Å². The Morgan fingerprint density at radius 2 is 1.80 bits per heavy atom. The molecule has 3 rings (SSSR count). The van der Waals surface area contributed by atoms with Crippen LogP contribution in [0.3, 0.4) is 0 Å². The van der Waals surface area contributed by atoms with Crippen molar-refractivity contribution in [1.29, 1.82) is 0 Å². The molecule has 9 heteroatoms. The molecule has 2 fully saturated rings. The molecule has 0 radical (unpaired) electrons. The quantitative estimate of drug-likeness (QED) is 0.208. The number of morpholine rings is 1. The molecule has 2 N–H and O–H groups in total. The van der Waals surface area contributed by atoms with Gasteiger partial charge in [0.05, 0.1) is 13.2 Å². The summed E-state index contributed by atoms with van der Waals surface area (Å²) in [6.07, 6.45) is 12.4. The van der Waals surface area contributed by atoms with Gasteiger partial charge in [0, 0.05) is 51.2 Å². The number of hydrogen-bond donors (Lipinski definition) is 2. The molecule has 0 unspecified atom stereocenters. The van der Waals surface area contributed by atoms with E-state index in [1.54, 1.807) is 12.7 Å². The van der Waals surface area contributed by atoms with E-state index < -0.39 is 0 Å². The summed E-state index contributed by atoms with van der Waals surface area (Å²) in [4.78, 5) is 7.63. The van der Waals surface area contributed by atoms with E-state index in [-0.39, 0.29) is 24.0 Å². The van der Waals surface area contributed by atoms with E-state index in [4.69, 9.17) is 9.73 Å². The smallest absolute Gasteiger partial charge is 0.191 e. The Morgan fingerprint density at radius 1 is 1.07 bits per heavy atom. The number of aromatic nitrogens is 3. The van der Waals surface area contributed by atoms with Crippen LogP contribution in [0.15, 0.2) is 17.6 Å². The predicted octanol–water partition coefficient (Wildman–Crippen LogP) is 2.51. The normalized spacial score (nSPS) is 19.8. The van der Waals surface area contributed by atoms with Gasteiger partial charge in [-0.3, -0.25) is 9.89 Å². The van der Waals surface area contributed by atoms with Crippen molar-refractivity contribution in [1.82, 2.24) is 30.3 Å². The number of aliphatic imine (C=N–C) groups is 1. The van der Waals surface area contributed by atoms with Gasteiger partial charge < -0.3 is 19.9 Å². The van der Waals surface area contributed by atoms with Crippen molar-refractivity contribution < 1.29 is 4.74 Å². The van der Waals surface area contributed by atoms with Crippen LogP contribution in [0.5, 0.6) is 0 Å². The summed E-state index contributed by atoms with van der Waals surface area (Å²) < 4.78 is 7.57. The van der Waals surface area contributed by atoms with E-state index in [0.29, 0.717) is 5.41 Å². The van der Waals surface area contributed by atoms with E-state index in [1.165, 1.54) is 32.1 Å². The van der Waals surface area contributed by atoms with Crippen molar-refractivity contribution in [3.8, 4) is 0 Å². The van der Waals surface area contributed by atoms with Crippen molar-refractivity contribution in [3.05, 3.63) is 12.7 Å². The number of nitrogens with zero attached hydrogens (tertiary/aromatic N) is 5. The summed E-state index contributed by atoms with van der Waals surface area (Å²) >= 11 is 0. The van der Waals surface area contributed by atoms with Gasteiger partial charge in [0.1, 0.15) is 12.7 Å². The zero-order valence-corrected chi connectivity index (χ0v) is 20.9. The Labute approximate surface area is 198 Å². The second kappa shape index (κ2) is 14.2. The van der Waals surface area contributed by atoms with Crippen LogP contribution in [0.2, 0.25) is 0 Å². The van der Waals surface area contributed by atoms with Crippen molar-refractivity contribution in [3.63, 3.8) is 0 Å². The van der Waals surface area contributed by atoms with E-state index in [1.807, 2.05) is 4.57 Å². The first-order chi connectivity index (χ1) is 14.3. The van der Waals surface area contributed by atoms with Gasteiger partial charge in [-0.05, 0) is 32.6 Å². The molecule has 1 aromatic rings. The monoisotopic (exact) mass is 533 g/mol. The molecule has 30 heavy (non-hydrogen) atoms. The van der Waals surface area contributed by atoms with Gasteiger partial charge in [-0.25, -0.2) is 0 Å². The molecule has 1 aliphatic heterocycles. The molecule has 0 spiro atoms. The molecule has 1 aliphatic carbocycles. The summed E-state index contributed by atoms with van der Waals surface area (Å²) in [5, 5.41) is 14.7. The second-order valence-corrected chi connectivity index (χ2v) is 8.48. The summed E-state index contributed by atoms with van der Waals surface area (Å²) in [6, 6.07) is 0. The molecule has 1 saturated carbocycles. The van der Waals surface area contributed by atoms with Crippen LogP contribution >= 0.6 is 24.0 Å². The highest BCUT2D eigenvalue weighted by Gasteiger charge is 2.34. The second-order valence-electron chi connectivity index (χ2n) is 8.48. The maximum atomic E-state index is 5.54. The predicted molar refractivity (Wildman–Crippen MR) is 131 cm³/mol. The first kappa shape index (κ1) is 25.3. The lowest BCUT2D eigenvalue weighted by Gasteiger charge is -2.41. The molecule has 1 saturated heterocycles. The SMILES string of the molecule is CCNC(=NCC1(CN2CCOCC2)CCCCC1)NCCCCn1cnnc1.I. The van der Waals surface area contributed by atoms with Crippen molar-refractivity contribution in [2.75, 3.05) is 52.5 Å². The number of ether oxygens (including phenoxy) is 1. The van der Waals surface area contributed by atoms with Crippen LogP contribution in [0, 0.1) is 5.41 Å². The molecule has 0 amide bonds. The Kier molecular flexibility index (Phi) is 12.0. The minimum absolute atomic E-state index is 0. The fourth-order valence-corrected chi connectivity index (χ4v) is 4.45. The zero-order chi connectivity index (χ0) is 20.2. The Balaban J connectivity index is 0.00000320. The molecular weight excluding hydrogens is 493 g/mol. The molecule has 0 atom stereocenters. The molecule has 0 aromatic carbocycles. The largest absolute Gasteiger partial charge is 0.379 e. The highest BCUT2D eigenvalue weighted by Crippen LogP contribution is 2.37. The average molecular weight is 534 g/mol. The van der Waals surface area contributed by atoms with Crippen LogP contribution in [-0.2, 0) is 11.3 Å². The number of halogens is 1. The summed E-state index contributed by atoms with van der Waals surface area (Å²) in [5.74, 6) is 0.962. The molecule has 8 nitrogen and oxygen atoms in total. The topological polar surface area (TPSA) is 79.6 Å². The minimum Gasteiger partial charge on any atom is -0.379 e. The first-order valence-electron chi connectivity index (χ1n) is 11.4. The molecule has 2 aliphatic rings. The van der Waals surface area contributed by atoms with Gasteiger partial charge in [-0.2, -0.15) is 0 Å². The molecule has 0 bridgehead atoms. The number of rotatable bonds is 10. The van der Waals surface area contributed by atoms with Crippen molar-refractivity contribution in [2.45, 2.75) is 58.4 Å². The van der Waals surface area contributed by atoms with Gasteiger partial charge >= 0.3 is 0 Å². The Morgan fingerprint density at radius 3 is 2.50 bits per heavy atom. The lowest BCUT2D eigenvalue weighted by molar-refractivity contribution is 0.00937. The Hall–Kier alpha value is -0.940. The number of nitrogens with one attached hydrogen (secondary N) is 2. The lowest BCUT2D eigenvalue weighted by Crippen LogP contribution is -2.46. The highest BCUT2D eigenvalue weighted by molar-refractivity contribution is 14.0. The lowest BCUT2D eigenvalue weighted by atomic mass is 9.73. The maximum absolute atomic E-state index is 5.54. The fraction of sp³-hybridized carbons (Fsp3) is 0.857. The molecular formula is C21H40IN7O. The third kappa shape index (κ3) is 8.66. The number of unbranched alkanes of at least 4 members (excludes halogenated alkanes) is 1. The molecule has 2 heterocycles.